The number of rotatable bonds is 5. The van der Waals surface area contributed by atoms with E-state index in [1.54, 1.807) is 0 Å². The normalized spacial score (nSPS) is 18.9. The summed E-state index contributed by atoms with van der Waals surface area (Å²) in [5.74, 6) is -2.21. The van der Waals surface area contributed by atoms with Crippen molar-refractivity contribution in [1.82, 2.24) is 10.6 Å². The van der Waals surface area contributed by atoms with E-state index in [1.165, 1.54) is 32.0 Å². The molecule has 0 aliphatic carbocycles. The molecule has 0 radical (unpaired) electrons. The zero-order chi connectivity index (χ0) is 18.8. The summed E-state index contributed by atoms with van der Waals surface area (Å²) < 4.78 is 25.0. The lowest BCUT2D eigenvalue weighted by atomic mass is 10.1. The maximum Gasteiger partial charge on any atom is 0.252 e. The Labute approximate surface area is 150 Å². The molecule has 2 N–H and O–H groups in total. The number of anilines is 1. The highest BCUT2D eigenvalue weighted by Crippen LogP contribution is 2.31. The maximum absolute atomic E-state index is 12.2. The first-order valence-electron chi connectivity index (χ1n) is 7.52. The quantitative estimate of drug-likeness (QED) is 0.715. The Morgan fingerprint density at radius 2 is 1.92 bits per heavy atom. The van der Waals surface area contributed by atoms with Gasteiger partial charge in [-0.25, -0.2) is 12.7 Å². The van der Waals surface area contributed by atoms with Crippen molar-refractivity contribution in [2.75, 3.05) is 23.1 Å². The second kappa shape index (κ2) is 7.40. The smallest absolute Gasteiger partial charge is 0.252 e. The fourth-order valence-electron chi connectivity index (χ4n) is 2.41. The number of nitrogens with zero attached hydrogens (tertiary/aromatic N) is 1. The summed E-state index contributed by atoms with van der Waals surface area (Å²) in [5.41, 5.74) is 0.121. The van der Waals surface area contributed by atoms with Crippen molar-refractivity contribution in [3.8, 4) is 0 Å². The van der Waals surface area contributed by atoms with Crippen LogP contribution in [0.3, 0.4) is 0 Å². The Hall–Kier alpha value is -2.13. The molecular weight excluding hydrogens is 370 g/mol. The molecule has 8 nitrogen and oxygen atoms in total. The number of halogens is 1. The van der Waals surface area contributed by atoms with Gasteiger partial charge in [0.25, 0.3) is 5.91 Å². The Kier molecular flexibility index (Phi) is 5.69. The first-order chi connectivity index (χ1) is 11.6. The minimum atomic E-state index is -3.76. The molecule has 25 heavy (non-hydrogen) atoms. The molecule has 1 heterocycles. The first kappa shape index (κ1) is 19.2. The van der Waals surface area contributed by atoms with Crippen molar-refractivity contribution in [3.63, 3.8) is 0 Å². The van der Waals surface area contributed by atoms with E-state index in [0.29, 0.717) is 4.31 Å². The van der Waals surface area contributed by atoms with Crippen LogP contribution in [0.5, 0.6) is 0 Å². The molecule has 136 valence electrons. The van der Waals surface area contributed by atoms with Gasteiger partial charge in [0.2, 0.25) is 21.8 Å². The lowest BCUT2D eigenvalue weighted by molar-refractivity contribution is -0.120. The molecule has 1 unspecified atom stereocenters. The highest BCUT2D eigenvalue weighted by atomic mass is 35.5. The molecule has 1 aromatic carbocycles. The van der Waals surface area contributed by atoms with Crippen molar-refractivity contribution >= 4 is 45.0 Å². The zero-order valence-corrected chi connectivity index (χ0v) is 15.3. The molecule has 1 aliphatic rings. The summed E-state index contributed by atoms with van der Waals surface area (Å²) in [6.45, 7) is 3.31. The van der Waals surface area contributed by atoms with Gasteiger partial charge in [-0.3, -0.25) is 14.4 Å². The number of hydrogen-bond acceptors (Lipinski definition) is 5. The molecule has 1 aromatic rings. The minimum Gasteiger partial charge on any atom is -0.355 e. The molecule has 1 saturated heterocycles. The fourth-order valence-corrected chi connectivity index (χ4v) is 4.43. The summed E-state index contributed by atoms with van der Waals surface area (Å²) in [6, 6.07) is 4.01. The Morgan fingerprint density at radius 3 is 2.48 bits per heavy atom. The van der Waals surface area contributed by atoms with Gasteiger partial charge in [0.15, 0.2) is 0 Å². The van der Waals surface area contributed by atoms with E-state index in [2.05, 4.69) is 10.6 Å². The van der Waals surface area contributed by atoms with Crippen LogP contribution in [0.1, 0.15) is 24.2 Å². The zero-order valence-electron chi connectivity index (χ0n) is 13.7. The van der Waals surface area contributed by atoms with Gasteiger partial charge < -0.3 is 10.6 Å². The van der Waals surface area contributed by atoms with Crippen LogP contribution < -0.4 is 14.9 Å². The van der Waals surface area contributed by atoms with Crippen LogP contribution in [0.25, 0.3) is 0 Å². The monoisotopic (exact) mass is 387 g/mol. The summed E-state index contributed by atoms with van der Waals surface area (Å²) in [7, 11) is -3.76. The highest BCUT2D eigenvalue weighted by Gasteiger charge is 2.42. The first-order valence-corrected chi connectivity index (χ1v) is 9.51. The van der Waals surface area contributed by atoms with E-state index < -0.39 is 27.8 Å². The number of carbonyl (C=O) groups is 3. The van der Waals surface area contributed by atoms with Crippen LogP contribution in [0, 0.1) is 5.92 Å². The number of sulfonamides is 1. The summed E-state index contributed by atoms with van der Waals surface area (Å²) in [6.07, 6.45) is 0. The van der Waals surface area contributed by atoms with Gasteiger partial charge in [-0.1, -0.05) is 18.5 Å². The van der Waals surface area contributed by atoms with Crippen LogP contribution >= 0.6 is 11.6 Å². The van der Waals surface area contributed by atoms with Gasteiger partial charge in [0, 0.05) is 20.0 Å². The molecule has 0 bridgehead atoms. The van der Waals surface area contributed by atoms with E-state index in [9.17, 15) is 22.8 Å². The lowest BCUT2D eigenvalue weighted by Crippen LogP contribution is -2.34. The standard InChI is InChI=1S/C15H18ClN3O5S/c1-9-8-25(23,24)19(15(9)22)11-3-4-13(16)12(7-11)14(21)18-6-5-17-10(2)20/h3-4,7,9H,5-6,8H2,1-2H3,(H,17,20)(H,18,21). The molecule has 2 rings (SSSR count). The fraction of sp³-hybridized carbons (Fsp3) is 0.400. The largest absolute Gasteiger partial charge is 0.355 e. The van der Waals surface area contributed by atoms with E-state index in [-0.39, 0.29) is 41.0 Å². The van der Waals surface area contributed by atoms with Crippen LogP contribution in [0.4, 0.5) is 5.69 Å². The summed E-state index contributed by atoms with van der Waals surface area (Å²) >= 11 is 6.01. The van der Waals surface area contributed by atoms with Gasteiger partial charge in [-0.05, 0) is 18.2 Å². The van der Waals surface area contributed by atoms with E-state index in [1.807, 2.05) is 0 Å². The molecular formula is C15H18ClN3O5S. The third kappa shape index (κ3) is 4.29. The molecule has 1 fully saturated rings. The van der Waals surface area contributed by atoms with Gasteiger partial charge in [-0.15, -0.1) is 0 Å². The lowest BCUT2D eigenvalue weighted by Gasteiger charge is -2.17. The molecule has 1 atom stereocenters. The predicted octanol–water partition coefficient (Wildman–Crippen LogP) is 0.518. The van der Waals surface area contributed by atoms with Crippen molar-refractivity contribution < 1.29 is 22.8 Å². The van der Waals surface area contributed by atoms with Gasteiger partial charge in [0.05, 0.1) is 27.9 Å². The Morgan fingerprint density at radius 1 is 1.28 bits per heavy atom. The van der Waals surface area contributed by atoms with Crippen LogP contribution in [0.15, 0.2) is 18.2 Å². The number of benzene rings is 1. The van der Waals surface area contributed by atoms with E-state index in [4.69, 9.17) is 11.6 Å². The molecule has 0 saturated carbocycles. The highest BCUT2D eigenvalue weighted by molar-refractivity contribution is 7.94. The minimum absolute atomic E-state index is 0.0459. The van der Waals surface area contributed by atoms with Gasteiger partial charge >= 0.3 is 0 Å². The van der Waals surface area contributed by atoms with Crippen LogP contribution in [-0.2, 0) is 19.6 Å². The summed E-state index contributed by atoms with van der Waals surface area (Å²) in [5, 5.41) is 5.21. The predicted molar refractivity (Wildman–Crippen MR) is 92.9 cm³/mol. The SMILES string of the molecule is CC(=O)NCCNC(=O)c1cc(N2C(=O)C(C)CS2(=O)=O)ccc1Cl. The second-order valence-corrected chi connectivity index (χ2v) is 7.95. The molecule has 10 heteroatoms. The van der Waals surface area contributed by atoms with Crippen molar-refractivity contribution in [1.29, 1.82) is 0 Å². The Balaban J connectivity index is 2.22. The number of hydrogen-bond donors (Lipinski definition) is 2. The third-order valence-corrected chi connectivity index (χ3v) is 5.77. The summed E-state index contributed by atoms with van der Waals surface area (Å²) in [4.78, 5) is 35.1. The second-order valence-electron chi connectivity index (χ2n) is 5.69. The van der Waals surface area contributed by atoms with Gasteiger partial charge in [-0.2, -0.15) is 0 Å². The molecule has 1 aliphatic heterocycles. The van der Waals surface area contributed by atoms with Crippen LogP contribution in [0.2, 0.25) is 5.02 Å². The average molecular weight is 388 g/mol. The maximum atomic E-state index is 12.2. The van der Waals surface area contributed by atoms with E-state index in [0.717, 1.165) is 0 Å². The molecule has 3 amide bonds. The third-order valence-electron chi connectivity index (χ3n) is 3.57. The van der Waals surface area contributed by atoms with Crippen molar-refractivity contribution in [3.05, 3.63) is 28.8 Å². The van der Waals surface area contributed by atoms with Crippen LogP contribution in [-0.4, -0.2) is 45.0 Å². The number of carbonyl (C=O) groups excluding carboxylic acids is 3. The van der Waals surface area contributed by atoms with E-state index >= 15 is 0 Å². The van der Waals surface area contributed by atoms with Gasteiger partial charge in [0.1, 0.15) is 0 Å². The number of amides is 3. The topological polar surface area (TPSA) is 113 Å². The Bertz CT molecular complexity index is 824. The van der Waals surface area contributed by atoms with Crippen molar-refractivity contribution in [2.24, 2.45) is 5.92 Å². The average Bonchev–Trinajstić information content (AvgIpc) is 2.72. The van der Waals surface area contributed by atoms with Crippen molar-refractivity contribution in [2.45, 2.75) is 13.8 Å². The molecule has 0 spiro atoms. The number of nitrogens with one attached hydrogen (secondary N) is 2. The molecule has 0 aromatic heterocycles.